The van der Waals surface area contributed by atoms with E-state index in [1.54, 1.807) is 33.2 Å². The molecule has 638 valence electrons. The number of H-pyrrole nitrogens is 4. The lowest BCUT2D eigenvalue weighted by atomic mass is 10.1. The lowest BCUT2D eigenvalue weighted by Gasteiger charge is -2.27. The second-order valence-electron chi connectivity index (χ2n) is 29.7. The van der Waals surface area contributed by atoms with Crippen LogP contribution in [0.1, 0.15) is 235 Å². The summed E-state index contributed by atoms with van der Waals surface area (Å²) in [6, 6.07) is 7.56. The summed E-state index contributed by atoms with van der Waals surface area (Å²) in [6.45, 7) is 27.0. The molecule has 6 aliphatic carbocycles. The number of carbonyl (C=O) groups excluding carboxylic acids is 1. The summed E-state index contributed by atoms with van der Waals surface area (Å²) in [6.07, 6.45) is 21.8. The van der Waals surface area contributed by atoms with Gasteiger partial charge in [-0.3, -0.25) is 29.5 Å². The predicted octanol–water partition coefficient (Wildman–Crippen LogP) is 8.14. The predicted molar refractivity (Wildman–Crippen MR) is 442 cm³/mol. The first-order chi connectivity index (χ1) is 56.2. The van der Waals surface area contributed by atoms with Gasteiger partial charge in [-0.25, -0.2) is 57.5 Å². The molecule has 1 atom stereocenters. The van der Waals surface area contributed by atoms with E-state index >= 15 is 0 Å². The first-order valence-corrected chi connectivity index (χ1v) is 43.6. The van der Waals surface area contributed by atoms with Crippen LogP contribution < -0.4 is 21.3 Å². The number of benzene rings is 1. The molecule has 118 heavy (non-hydrogen) atoms. The minimum absolute atomic E-state index is 0.0347. The standard InChI is InChI=1S/C9H13N3O.C8H7ClN2.C8H13N3OS.C8H13N3.C7H12N4O.C7H11N3O2S.2C7H11N3.C6H8N2O.C4H6N4O.C3H5N3O/c1-8-10-3-2-9(11-8)12-4-6-13-7-5-12;1-5-10-7-3-2-6(9)4-8(7)11-5;1-6-9-8(7-4-5-7)10-11(6)13(2,3)12;1-6-9-8(11-10-6)7-4-2-3-5-7;1-6-8-7(10-9-6)11-2-4-12-5-3-11;1-5-8-7(6-3-4-6)9-10(5)13(2,11)12;1-5-8-7(6-3-4-6)9-10(5)2;1-5-8-7(6-3-4-6)10(2)9-5;1-4-7-6(8-9-4)5-2-3-5;1-2-6-4(3(5)9)8-7-2;1-2-5-3(4)6-7-2/h2-3H,4-7H2,1H3;2-4H,1H3,(H,10,11);7H,2,4-5H2,1,3H3;7H,2-5H2,1H3,(H,9,10,11);2-5H2,1H3,(H,8,9,10);6H,3-4H2,1-2H3;2*6H,3-4H2,1-2H3;5H,2-3H2,1H3;1H3,(H2,5,9)(H,6,7,8);1H3,(H2,4,6). The Bertz CT molecular complexity index is 5260. The summed E-state index contributed by atoms with van der Waals surface area (Å²) in [7, 11) is -1.65. The number of nitrogens with two attached hydrogens (primary N) is 2. The average molecular weight is 1690 g/mol. The maximum atomic E-state index is 11.6. The molecule has 0 spiro atoms. The maximum Gasteiger partial charge on any atom is 0.288 e. The van der Waals surface area contributed by atoms with E-state index in [1.165, 1.54) is 68.3 Å². The zero-order valence-corrected chi connectivity index (χ0v) is 72.2. The molecular weight excluding hydrogens is 1580 g/mol. The number of halogens is 1. The van der Waals surface area contributed by atoms with Crippen molar-refractivity contribution in [2.45, 2.75) is 202 Å². The second kappa shape index (κ2) is 41.5. The fraction of sp³-hybridized carbons (Fsp3) is 0.581. The molecular formula is C74H110ClN33O8S2. The van der Waals surface area contributed by atoms with E-state index in [9.17, 15) is 17.4 Å². The van der Waals surface area contributed by atoms with Gasteiger partial charge in [0.05, 0.1) is 53.4 Å². The number of hydrogen-bond donors (Lipinski definition) is 6. The van der Waals surface area contributed by atoms with Crippen LogP contribution in [0.4, 0.5) is 17.7 Å². The molecule has 8 fully saturated rings. The van der Waals surface area contributed by atoms with Crippen molar-refractivity contribution in [3.8, 4) is 0 Å². The minimum Gasteiger partial charge on any atom is -0.378 e. The fourth-order valence-corrected chi connectivity index (χ4v) is 13.6. The van der Waals surface area contributed by atoms with Gasteiger partial charge in [0, 0.05) is 107 Å². The molecule has 2 saturated heterocycles. The van der Waals surface area contributed by atoms with E-state index in [4.69, 9.17) is 37.1 Å². The molecule has 1 amide bonds. The number of morpholine rings is 2. The van der Waals surface area contributed by atoms with Crippen LogP contribution in [0, 0.1) is 76.2 Å². The number of fused-ring (bicyclic) bond motifs is 1. The Labute approximate surface area is 690 Å². The first-order valence-electron chi connectivity index (χ1n) is 39.2. The van der Waals surface area contributed by atoms with Gasteiger partial charge in [-0.05, 0) is 175 Å². The Morgan fingerprint density at radius 2 is 1.03 bits per heavy atom. The summed E-state index contributed by atoms with van der Waals surface area (Å²) in [5, 5.41) is 44.4. The van der Waals surface area contributed by atoms with E-state index < -0.39 is 25.6 Å². The van der Waals surface area contributed by atoms with Crippen molar-refractivity contribution in [2.75, 3.05) is 80.7 Å². The molecule has 0 bridgehead atoms. The smallest absolute Gasteiger partial charge is 0.288 e. The zero-order chi connectivity index (χ0) is 85.0. The maximum absolute atomic E-state index is 11.6. The number of nitrogens with zero attached hydrogens (tertiary/aromatic N) is 27. The van der Waals surface area contributed by atoms with Crippen LogP contribution in [0.15, 0.2) is 39.5 Å². The molecule has 13 heterocycles. The van der Waals surface area contributed by atoms with Crippen LogP contribution in [0.25, 0.3) is 11.0 Å². The molecule has 12 aromatic rings. The number of ether oxygens (including phenoxy) is 2. The van der Waals surface area contributed by atoms with Gasteiger partial charge in [-0.2, -0.15) is 34.3 Å². The third-order valence-electron chi connectivity index (χ3n) is 18.6. The summed E-state index contributed by atoms with van der Waals surface area (Å²) in [4.78, 5) is 67.4. The average Bonchev–Trinajstić information content (AvgIpc) is 1.65. The fourth-order valence-electron chi connectivity index (χ4n) is 11.8. The number of imidazole rings is 1. The number of aromatic amines is 4. The number of rotatable bonds is 11. The Morgan fingerprint density at radius 3 is 1.45 bits per heavy atom. The lowest BCUT2D eigenvalue weighted by Crippen LogP contribution is -2.36. The SMILES string of the molecule is C=S(C)(=O)n1nc(C2CC2)nc1C.Cc1nc(C(N)=O)n[nH]1.Cc1nc(C2CC2)n(C)n1.Cc1nc(C2CC2)nn1C.Cc1nc(C2CC2)nn1S(C)(=O)=O.Cc1nc(C2CC2)no1.Cc1nc(C2CCCC2)n[nH]1.Cc1nc(N)no1.Cc1nc(N2CCOCC2)n[nH]1.Cc1nc2ccc(Cl)cc2[nH]1.Cc1nccc(N2CCOCC2)n1. The number of primary amides is 1. The highest BCUT2D eigenvalue weighted by Gasteiger charge is 2.33. The molecule has 2 aliphatic heterocycles. The number of nitrogen functional groups attached to an aromatic ring is 1. The quantitative estimate of drug-likeness (QED) is 0.0665. The highest BCUT2D eigenvalue weighted by molar-refractivity contribution is 7.98. The topological polar surface area (TPSA) is 525 Å². The van der Waals surface area contributed by atoms with Crippen molar-refractivity contribution < 1.29 is 35.9 Å². The van der Waals surface area contributed by atoms with E-state index in [-0.39, 0.29) is 11.8 Å². The van der Waals surface area contributed by atoms with Crippen LogP contribution in [0.3, 0.4) is 0 Å². The summed E-state index contributed by atoms with van der Waals surface area (Å²) in [5.74, 6) is 22.5. The lowest BCUT2D eigenvalue weighted by molar-refractivity contribution is 0.0990. The van der Waals surface area contributed by atoms with Gasteiger partial charge >= 0.3 is 0 Å². The Morgan fingerprint density at radius 1 is 0.508 bits per heavy atom. The van der Waals surface area contributed by atoms with Gasteiger partial charge in [-0.1, -0.05) is 29.6 Å². The van der Waals surface area contributed by atoms with Crippen molar-refractivity contribution in [1.82, 2.24) is 144 Å². The third-order valence-corrected chi connectivity index (χ3v) is 20.8. The number of carbonyl (C=O) groups is 1. The van der Waals surface area contributed by atoms with Crippen molar-refractivity contribution >= 4 is 71.9 Å². The zero-order valence-electron chi connectivity index (χ0n) is 69.8. The number of amides is 1. The Hall–Kier alpha value is -10.9. The van der Waals surface area contributed by atoms with Crippen LogP contribution in [0.2, 0.25) is 5.02 Å². The number of nitrogens with one attached hydrogen (secondary N) is 4. The van der Waals surface area contributed by atoms with Gasteiger partial charge in [0.15, 0.2) is 29.1 Å². The molecule has 6 saturated carbocycles. The number of hydrogen-bond acceptors (Lipinski definition) is 32. The van der Waals surface area contributed by atoms with Crippen LogP contribution in [-0.4, -0.2) is 233 Å². The van der Waals surface area contributed by atoms with E-state index in [1.807, 2.05) is 103 Å². The Kier molecular flexibility index (Phi) is 31.4. The second-order valence-corrected chi connectivity index (χ2v) is 34.2. The van der Waals surface area contributed by atoms with E-state index in [2.05, 4.69) is 146 Å². The molecule has 20 rings (SSSR count). The van der Waals surface area contributed by atoms with Gasteiger partial charge in [0.25, 0.3) is 21.9 Å². The minimum atomic E-state index is -3.28. The molecule has 41 nitrogen and oxygen atoms in total. The molecule has 0 radical (unpaired) electrons. The third kappa shape index (κ3) is 28.7. The molecule has 11 aromatic heterocycles. The number of aromatic nitrogens is 29. The highest BCUT2D eigenvalue weighted by atomic mass is 35.5. The normalized spacial score (nSPS) is 16.6. The molecule has 1 aromatic carbocycles. The first kappa shape index (κ1) is 89.4. The molecule has 8 N–H and O–H groups in total. The van der Waals surface area contributed by atoms with Crippen molar-refractivity contribution in [1.29, 1.82) is 0 Å². The highest BCUT2D eigenvalue weighted by Crippen LogP contribution is 2.41. The van der Waals surface area contributed by atoms with Gasteiger partial charge in [-0.15, -0.1) is 24.5 Å². The van der Waals surface area contributed by atoms with Gasteiger partial charge in [0.2, 0.25) is 23.6 Å². The largest absolute Gasteiger partial charge is 0.378 e. The van der Waals surface area contributed by atoms with E-state index in [0.717, 1.165) is 181 Å². The van der Waals surface area contributed by atoms with Crippen molar-refractivity contribution in [3.63, 3.8) is 0 Å². The number of aryl methyl sites for hydroxylation is 13. The molecule has 44 heteroatoms. The van der Waals surface area contributed by atoms with Gasteiger partial charge < -0.3 is 44.8 Å². The summed E-state index contributed by atoms with van der Waals surface area (Å²) < 4.78 is 59.9. The molecule has 1 unspecified atom stereocenters. The van der Waals surface area contributed by atoms with Crippen molar-refractivity contribution in [2.24, 2.45) is 19.8 Å². The van der Waals surface area contributed by atoms with Crippen LogP contribution >= 0.6 is 11.6 Å². The van der Waals surface area contributed by atoms with Crippen LogP contribution in [0.5, 0.6) is 0 Å². The number of anilines is 3. The Balaban J connectivity index is 0.000000137. The van der Waals surface area contributed by atoms with Crippen LogP contribution in [-0.2, 0) is 43.3 Å². The summed E-state index contributed by atoms with van der Waals surface area (Å²) in [5.41, 5.74) is 11.9. The van der Waals surface area contributed by atoms with E-state index in [0.29, 0.717) is 70.6 Å². The summed E-state index contributed by atoms with van der Waals surface area (Å²) >= 11 is 5.78. The monoisotopic (exact) mass is 1690 g/mol. The van der Waals surface area contributed by atoms with Gasteiger partial charge in [0.1, 0.15) is 64.1 Å². The van der Waals surface area contributed by atoms with Crippen molar-refractivity contribution in [3.05, 3.63) is 140 Å². The molecule has 8 aliphatic rings.